The van der Waals surface area contributed by atoms with Crippen molar-refractivity contribution in [2.45, 2.75) is 32.9 Å². The number of aliphatic hydroxyl groups is 1. The molecule has 1 unspecified atom stereocenters. The smallest absolute Gasteiger partial charge is 0.317 e. The Morgan fingerprint density at radius 1 is 1.27 bits per heavy atom. The Morgan fingerprint density at radius 2 is 1.82 bits per heavy atom. The van der Waals surface area contributed by atoms with Crippen LogP contribution in [0.3, 0.4) is 0 Å². The van der Waals surface area contributed by atoms with Gasteiger partial charge in [0.1, 0.15) is 0 Å². The van der Waals surface area contributed by atoms with E-state index in [9.17, 15) is 14.7 Å². The molecule has 6 nitrogen and oxygen atoms in total. The molecule has 0 radical (unpaired) electrons. The minimum atomic E-state index is -0.929. The van der Waals surface area contributed by atoms with Gasteiger partial charge in [-0.05, 0) is 25.0 Å². The second kappa shape index (κ2) is 7.26. The predicted octanol–water partition coefficient (Wildman–Crippen LogP) is 1.78. The fraction of sp³-hybridized carbons (Fsp3) is 0.500. The third-order valence-electron chi connectivity index (χ3n) is 3.42. The van der Waals surface area contributed by atoms with Crippen LogP contribution in [0.4, 0.5) is 4.79 Å². The fourth-order valence-corrected chi connectivity index (χ4v) is 1.91. The van der Waals surface area contributed by atoms with Gasteiger partial charge in [-0.1, -0.05) is 31.2 Å². The minimum Gasteiger partial charge on any atom is -0.481 e. The van der Waals surface area contributed by atoms with Crippen molar-refractivity contribution in [3.63, 3.8) is 0 Å². The van der Waals surface area contributed by atoms with Gasteiger partial charge in [-0.3, -0.25) is 4.79 Å². The van der Waals surface area contributed by atoms with Gasteiger partial charge >= 0.3 is 12.0 Å². The van der Waals surface area contributed by atoms with Crippen LogP contribution in [0.25, 0.3) is 0 Å². The second-order valence-corrected chi connectivity index (χ2v) is 6.03. The number of hydrogen-bond acceptors (Lipinski definition) is 3. The molecule has 2 amide bonds. The van der Waals surface area contributed by atoms with E-state index < -0.39 is 17.5 Å². The van der Waals surface area contributed by atoms with E-state index in [4.69, 9.17) is 5.11 Å². The number of carbonyl (C=O) groups excluding carboxylic acids is 1. The first-order valence-electron chi connectivity index (χ1n) is 7.15. The minimum absolute atomic E-state index is 0.152. The zero-order chi connectivity index (χ0) is 16.9. The Morgan fingerprint density at radius 3 is 2.27 bits per heavy atom. The van der Waals surface area contributed by atoms with E-state index in [-0.39, 0.29) is 12.6 Å². The Labute approximate surface area is 130 Å². The van der Waals surface area contributed by atoms with Gasteiger partial charge in [-0.25, -0.2) is 4.79 Å². The fourth-order valence-electron chi connectivity index (χ4n) is 1.91. The maximum atomic E-state index is 11.9. The Hall–Kier alpha value is -2.08. The number of carboxylic acids is 1. The van der Waals surface area contributed by atoms with Crippen LogP contribution in [-0.4, -0.2) is 40.7 Å². The van der Waals surface area contributed by atoms with Crippen LogP contribution in [0.15, 0.2) is 24.3 Å². The van der Waals surface area contributed by atoms with E-state index in [1.165, 1.54) is 4.90 Å². The van der Waals surface area contributed by atoms with Gasteiger partial charge in [-0.15, -0.1) is 0 Å². The molecule has 0 aromatic heterocycles. The summed E-state index contributed by atoms with van der Waals surface area (Å²) in [7, 11) is 1.56. The molecule has 122 valence electrons. The zero-order valence-electron chi connectivity index (χ0n) is 13.5. The van der Waals surface area contributed by atoms with Crippen molar-refractivity contribution in [3.8, 4) is 0 Å². The molecular formula is C16H24N2O4. The van der Waals surface area contributed by atoms with E-state index in [1.807, 2.05) is 24.3 Å². The summed E-state index contributed by atoms with van der Waals surface area (Å²) in [6, 6.07) is 7.00. The van der Waals surface area contributed by atoms with Crippen LogP contribution in [-0.2, 0) is 16.9 Å². The predicted molar refractivity (Wildman–Crippen MR) is 83.4 cm³/mol. The molecule has 0 bridgehead atoms. The average molecular weight is 308 g/mol. The Kier molecular flexibility index (Phi) is 5.93. The van der Waals surface area contributed by atoms with Gasteiger partial charge in [-0.2, -0.15) is 0 Å². The van der Waals surface area contributed by atoms with E-state index >= 15 is 0 Å². The van der Waals surface area contributed by atoms with Gasteiger partial charge < -0.3 is 20.4 Å². The van der Waals surface area contributed by atoms with Crippen LogP contribution in [0.1, 0.15) is 31.9 Å². The van der Waals surface area contributed by atoms with Crippen LogP contribution < -0.4 is 5.32 Å². The monoisotopic (exact) mass is 308 g/mol. The molecule has 0 saturated carbocycles. The highest BCUT2D eigenvalue weighted by molar-refractivity contribution is 5.75. The molecule has 22 heavy (non-hydrogen) atoms. The zero-order valence-corrected chi connectivity index (χ0v) is 13.5. The van der Waals surface area contributed by atoms with Gasteiger partial charge in [0, 0.05) is 20.1 Å². The molecule has 0 heterocycles. The lowest BCUT2D eigenvalue weighted by Gasteiger charge is -2.20. The number of hydrogen-bond donors (Lipinski definition) is 3. The maximum Gasteiger partial charge on any atom is 0.317 e. The van der Waals surface area contributed by atoms with E-state index in [0.29, 0.717) is 6.54 Å². The molecule has 0 aliphatic rings. The summed E-state index contributed by atoms with van der Waals surface area (Å²) in [5, 5.41) is 21.4. The van der Waals surface area contributed by atoms with Crippen molar-refractivity contribution in [1.29, 1.82) is 0 Å². The lowest BCUT2D eigenvalue weighted by atomic mass is 9.97. The Balaban J connectivity index is 2.52. The molecule has 6 heteroatoms. The van der Waals surface area contributed by atoms with Gasteiger partial charge in [0.25, 0.3) is 0 Å². The highest BCUT2D eigenvalue weighted by Crippen LogP contribution is 2.19. The summed E-state index contributed by atoms with van der Waals surface area (Å²) in [5.41, 5.74) is 0.811. The quantitative estimate of drug-likeness (QED) is 0.747. The first kappa shape index (κ1) is 18.0. The normalized spacial score (nSPS) is 12.6. The second-order valence-electron chi connectivity index (χ2n) is 6.03. The molecule has 0 aliphatic heterocycles. The number of rotatable bonds is 6. The highest BCUT2D eigenvalue weighted by Gasteiger charge is 2.17. The summed E-state index contributed by atoms with van der Waals surface area (Å²) in [4.78, 5) is 24.0. The van der Waals surface area contributed by atoms with E-state index in [2.05, 4.69) is 5.32 Å². The molecule has 0 saturated heterocycles. The van der Waals surface area contributed by atoms with Crippen LogP contribution in [0.5, 0.6) is 0 Å². The third-order valence-corrected chi connectivity index (χ3v) is 3.42. The lowest BCUT2D eigenvalue weighted by molar-refractivity contribution is -0.141. The maximum absolute atomic E-state index is 11.9. The summed E-state index contributed by atoms with van der Waals surface area (Å²) in [6.45, 7) is 5.47. The molecule has 1 aromatic rings. The molecule has 1 rings (SSSR count). The van der Waals surface area contributed by atoms with Crippen molar-refractivity contribution in [3.05, 3.63) is 35.4 Å². The first-order chi connectivity index (χ1) is 10.1. The molecule has 3 N–H and O–H groups in total. The summed E-state index contributed by atoms with van der Waals surface area (Å²) in [5.74, 6) is -1.54. The van der Waals surface area contributed by atoms with Crippen LogP contribution in [0, 0.1) is 5.92 Å². The molecule has 0 aliphatic carbocycles. The van der Waals surface area contributed by atoms with Crippen molar-refractivity contribution < 1.29 is 19.8 Å². The van der Waals surface area contributed by atoms with E-state index in [1.54, 1.807) is 27.8 Å². The standard InChI is InChI=1S/C16H24N2O4/c1-11(14(19)20)10-18(4)15(21)17-9-12-5-7-13(8-6-12)16(2,3)22/h5-8,11,22H,9-10H2,1-4H3,(H,17,21)(H,19,20). The molecule has 1 atom stereocenters. The van der Waals surface area contributed by atoms with Gasteiger partial charge in [0.2, 0.25) is 0 Å². The summed E-state index contributed by atoms with van der Waals surface area (Å²) >= 11 is 0. The largest absolute Gasteiger partial charge is 0.481 e. The first-order valence-corrected chi connectivity index (χ1v) is 7.15. The lowest BCUT2D eigenvalue weighted by Crippen LogP contribution is -2.40. The van der Waals surface area contributed by atoms with Crippen molar-refractivity contribution in [2.75, 3.05) is 13.6 Å². The number of aliphatic carboxylic acids is 1. The van der Waals surface area contributed by atoms with Crippen molar-refractivity contribution in [1.82, 2.24) is 10.2 Å². The SMILES string of the molecule is CC(CN(C)C(=O)NCc1ccc(C(C)(C)O)cc1)C(=O)O. The van der Waals surface area contributed by atoms with Crippen molar-refractivity contribution in [2.24, 2.45) is 5.92 Å². The van der Waals surface area contributed by atoms with Crippen molar-refractivity contribution >= 4 is 12.0 Å². The number of nitrogens with zero attached hydrogens (tertiary/aromatic N) is 1. The topological polar surface area (TPSA) is 89.9 Å². The van der Waals surface area contributed by atoms with Crippen LogP contribution >= 0.6 is 0 Å². The summed E-state index contributed by atoms with van der Waals surface area (Å²) in [6.07, 6.45) is 0. The molecule has 0 fully saturated rings. The average Bonchev–Trinajstić information content (AvgIpc) is 2.43. The molecular weight excluding hydrogens is 284 g/mol. The van der Waals surface area contributed by atoms with Gasteiger partial charge in [0.05, 0.1) is 11.5 Å². The number of urea groups is 1. The molecule has 1 aromatic carbocycles. The third kappa shape index (κ3) is 5.37. The number of amides is 2. The molecule has 0 spiro atoms. The Bertz CT molecular complexity index is 520. The summed E-state index contributed by atoms with van der Waals surface area (Å²) < 4.78 is 0. The van der Waals surface area contributed by atoms with Gasteiger partial charge in [0.15, 0.2) is 0 Å². The highest BCUT2D eigenvalue weighted by atomic mass is 16.4. The number of nitrogens with one attached hydrogen (secondary N) is 1. The van der Waals surface area contributed by atoms with E-state index in [0.717, 1.165) is 11.1 Å². The number of benzene rings is 1. The number of carboxylic acid groups (broad SMARTS) is 1. The number of carbonyl (C=O) groups is 2. The van der Waals surface area contributed by atoms with Crippen LogP contribution in [0.2, 0.25) is 0 Å².